The van der Waals surface area contributed by atoms with Crippen molar-refractivity contribution in [1.82, 2.24) is 9.47 Å². The van der Waals surface area contributed by atoms with Crippen LogP contribution in [0.15, 0.2) is 64.0 Å². The Morgan fingerprint density at radius 3 is 2.45 bits per heavy atom. The summed E-state index contributed by atoms with van der Waals surface area (Å²) in [6.07, 6.45) is 1.70. The van der Waals surface area contributed by atoms with Crippen LogP contribution in [0.4, 0.5) is 5.69 Å². The second-order valence-electron chi connectivity index (χ2n) is 7.04. The van der Waals surface area contributed by atoms with E-state index in [1.807, 2.05) is 45.9 Å². The Bertz CT molecular complexity index is 1090. The minimum Gasteiger partial charge on any atom is -0.497 e. The second-order valence-corrected chi connectivity index (χ2v) is 7.95. The van der Waals surface area contributed by atoms with E-state index in [0.29, 0.717) is 18.5 Å². The topological polar surface area (TPSA) is 54.8 Å². The van der Waals surface area contributed by atoms with Crippen molar-refractivity contribution < 1.29 is 9.53 Å². The molecule has 1 fully saturated rings. The molecule has 0 atom stereocenters. The van der Waals surface area contributed by atoms with Crippen molar-refractivity contribution in [3.05, 3.63) is 69.4 Å². The highest BCUT2D eigenvalue weighted by atomic mass is 79.9. The van der Waals surface area contributed by atoms with Crippen LogP contribution < -0.4 is 15.1 Å². The van der Waals surface area contributed by atoms with E-state index < -0.39 is 0 Å². The smallest absolute Gasteiger partial charge is 0.242 e. The zero-order valence-corrected chi connectivity index (χ0v) is 17.8. The first-order valence-electron chi connectivity index (χ1n) is 9.50. The number of amides is 1. The van der Waals surface area contributed by atoms with E-state index in [1.54, 1.807) is 19.4 Å². The lowest BCUT2D eigenvalue weighted by Gasteiger charge is -2.36. The molecule has 0 aliphatic carbocycles. The molecular weight excluding hydrogens is 434 g/mol. The summed E-state index contributed by atoms with van der Waals surface area (Å²) in [5.41, 5.74) is 1.86. The average molecular weight is 456 g/mol. The molecule has 0 unspecified atom stereocenters. The Morgan fingerprint density at radius 2 is 1.76 bits per heavy atom. The number of benzene rings is 2. The number of aromatic nitrogens is 1. The van der Waals surface area contributed by atoms with Gasteiger partial charge in [0, 0.05) is 54.0 Å². The van der Waals surface area contributed by atoms with Gasteiger partial charge in [0.15, 0.2) is 5.43 Å². The molecule has 0 saturated carbocycles. The molecule has 0 N–H and O–H groups in total. The molecule has 1 aliphatic heterocycles. The van der Waals surface area contributed by atoms with Gasteiger partial charge in [-0.1, -0.05) is 15.9 Å². The normalized spacial score (nSPS) is 14.3. The van der Waals surface area contributed by atoms with Crippen molar-refractivity contribution in [2.24, 2.45) is 0 Å². The minimum absolute atomic E-state index is 0.0377. The van der Waals surface area contributed by atoms with Crippen LogP contribution in [0.25, 0.3) is 10.9 Å². The maximum Gasteiger partial charge on any atom is 0.242 e. The summed E-state index contributed by atoms with van der Waals surface area (Å²) in [4.78, 5) is 29.2. The zero-order chi connectivity index (χ0) is 20.4. The monoisotopic (exact) mass is 455 g/mol. The molecule has 2 heterocycles. The third-order valence-electron chi connectivity index (χ3n) is 5.32. The first-order valence-corrected chi connectivity index (χ1v) is 10.3. The molecule has 6 nitrogen and oxygen atoms in total. The van der Waals surface area contributed by atoms with Gasteiger partial charge in [0.05, 0.1) is 12.6 Å². The van der Waals surface area contributed by atoms with Gasteiger partial charge in [0.25, 0.3) is 0 Å². The zero-order valence-electron chi connectivity index (χ0n) is 16.2. The summed E-state index contributed by atoms with van der Waals surface area (Å²) >= 11 is 3.45. The predicted molar refractivity (Wildman–Crippen MR) is 118 cm³/mol. The molecule has 1 aliphatic rings. The van der Waals surface area contributed by atoms with Crippen molar-refractivity contribution in [3.63, 3.8) is 0 Å². The molecule has 1 amide bonds. The van der Waals surface area contributed by atoms with Crippen LogP contribution in [-0.4, -0.2) is 48.7 Å². The standard InChI is InChI=1S/C22H22BrN3O3/c1-29-18-5-3-17(4-6-18)24-10-12-25(13-11-24)22(28)15-26-9-8-21(27)19-7-2-16(23)14-20(19)26/h2-9,14H,10-13,15H2,1H3. The number of anilines is 1. The molecule has 0 radical (unpaired) electrons. The number of hydrogen-bond acceptors (Lipinski definition) is 4. The molecule has 3 aromatic rings. The number of piperazine rings is 1. The molecule has 29 heavy (non-hydrogen) atoms. The summed E-state index contributed by atoms with van der Waals surface area (Å²) in [5, 5.41) is 0.618. The van der Waals surface area contributed by atoms with Gasteiger partial charge in [-0.15, -0.1) is 0 Å². The van der Waals surface area contributed by atoms with Crippen molar-refractivity contribution in [3.8, 4) is 5.75 Å². The van der Waals surface area contributed by atoms with Gasteiger partial charge in [-0.25, -0.2) is 0 Å². The molecule has 0 spiro atoms. The Hall–Kier alpha value is -2.80. The van der Waals surface area contributed by atoms with Crippen LogP contribution in [0.3, 0.4) is 0 Å². The van der Waals surface area contributed by atoms with Crippen molar-refractivity contribution in [2.45, 2.75) is 6.54 Å². The van der Waals surface area contributed by atoms with Crippen molar-refractivity contribution in [1.29, 1.82) is 0 Å². The number of rotatable bonds is 4. The first-order chi connectivity index (χ1) is 14.0. The quantitative estimate of drug-likeness (QED) is 0.606. The van der Waals surface area contributed by atoms with E-state index in [-0.39, 0.29) is 17.9 Å². The minimum atomic E-state index is -0.0377. The second kappa shape index (κ2) is 8.29. The fourth-order valence-electron chi connectivity index (χ4n) is 3.67. The Balaban J connectivity index is 1.44. The van der Waals surface area contributed by atoms with E-state index in [2.05, 4.69) is 20.8 Å². The maximum atomic E-state index is 12.9. The van der Waals surface area contributed by atoms with Crippen LogP contribution in [-0.2, 0) is 11.3 Å². The summed E-state index contributed by atoms with van der Waals surface area (Å²) in [6, 6.07) is 15.0. The maximum absolute atomic E-state index is 12.9. The number of methoxy groups -OCH3 is 1. The largest absolute Gasteiger partial charge is 0.497 e. The first kappa shape index (κ1) is 19.5. The number of carbonyl (C=O) groups excluding carboxylic acids is 1. The summed E-state index contributed by atoms with van der Waals surface area (Å²) in [5.74, 6) is 0.895. The number of hydrogen-bond donors (Lipinski definition) is 0. The van der Waals surface area contributed by atoms with Crippen LogP contribution in [0.1, 0.15) is 0 Å². The summed E-state index contributed by atoms with van der Waals surface area (Å²) < 4.78 is 7.94. The highest BCUT2D eigenvalue weighted by Crippen LogP contribution is 2.21. The summed E-state index contributed by atoms with van der Waals surface area (Å²) in [7, 11) is 1.66. The number of pyridine rings is 1. The third kappa shape index (κ3) is 4.15. The molecule has 7 heteroatoms. The lowest BCUT2D eigenvalue weighted by Crippen LogP contribution is -2.49. The predicted octanol–water partition coefficient (Wildman–Crippen LogP) is 3.12. The van der Waals surface area contributed by atoms with Crippen LogP contribution >= 0.6 is 15.9 Å². The van der Waals surface area contributed by atoms with E-state index in [1.165, 1.54) is 6.07 Å². The SMILES string of the molecule is COc1ccc(N2CCN(C(=O)Cn3ccc(=O)c4ccc(Br)cc43)CC2)cc1. The van der Waals surface area contributed by atoms with E-state index in [9.17, 15) is 9.59 Å². The van der Waals surface area contributed by atoms with Gasteiger partial charge in [-0.2, -0.15) is 0 Å². The van der Waals surface area contributed by atoms with Crippen molar-refractivity contribution >= 4 is 38.4 Å². The van der Waals surface area contributed by atoms with Crippen LogP contribution in [0.5, 0.6) is 5.75 Å². The average Bonchev–Trinajstić information content (AvgIpc) is 2.76. The van der Waals surface area contributed by atoms with Gasteiger partial charge in [-0.3, -0.25) is 9.59 Å². The molecule has 1 saturated heterocycles. The molecular formula is C22H22BrN3O3. The van der Waals surface area contributed by atoms with E-state index in [4.69, 9.17) is 4.74 Å². The van der Waals surface area contributed by atoms with Crippen LogP contribution in [0.2, 0.25) is 0 Å². The Kier molecular flexibility index (Phi) is 5.58. The fourth-order valence-corrected chi connectivity index (χ4v) is 4.02. The van der Waals surface area contributed by atoms with Crippen molar-refractivity contribution in [2.75, 3.05) is 38.2 Å². The number of ether oxygens (including phenoxy) is 1. The molecule has 4 rings (SSSR count). The molecule has 0 bridgehead atoms. The number of halogens is 1. The van der Waals surface area contributed by atoms with Gasteiger partial charge < -0.3 is 19.1 Å². The molecule has 1 aromatic heterocycles. The fraction of sp³-hybridized carbons (Fsp3) is 0.273. The Labute approximate surface area is 177 Å². The van der Waals surface area contributed by atoms with Gasteiger partial charge >= 0.3 is 0 Å². The number of carbonyl (C=O) groups is 1. The lowest BCUT2D eigenvalue weighted by atomic mass is 10.2. The Morgan fingerprint density at radius 1 is 1.03 bits per heavy atom. The third-order valence-corrected chi connectivity index (χ3v) is 5.81. The van der Waals surface area contributed by atoms with Crippen LogP contribution in [0, 0.1) is 0 Å². The highest BCUT2D eigenvalue weighted by Gasteiger charge is 2.22. The highest BCUT2D eigenvalue weighted by molar-refractivity contribution is 9.10. The lowest BCUT2D eigenvalue weighted by molar-refractivity contribution is -0.132. The summed E-state index contributed by atoms with van der Waals surface area (Å²) in [6.45, 7) is 3.14. The number of fused-ring (bicyclic) bond motifs is 1. The molecule has 150 valence electrons. The van der Waals surface area contributed by atoms with Gasteiger partial charge in [-0.05, 0) is 42.5 Å². The van der Waals surface area contributed by atoms with E-state index in [0.717, 1.165) is 34.5 Å². The van der Waals surface area contributed by atoms with Gasteiger partial charge in [0.2, 0.25) is 5.91 Å². The van der Waals surface area contributed by atoms with E-state index >= 15 is 0 Å². The molecule has 2 aromatic carbocycles. The van der Waals surface area contributed by atoms with Gasteiger partial charge in [0.1, 0.15) is 12.3 Å². The number of nitrogens with zero attached hydrogens (tertiary/aromatic N) is 3.